The third-order valence-corrected chi connectivity index (χ3v) is 2.54. The first-order valence-electron chi connectivity index (χ1n) is 5.70. The number of likely N-dealkylation sites (N-methyl/N-ethyl adjacent to an activating group) is 2. The van der Waals surface area contributed by atoms with E-state index in [0.29, 0.717) is 12.6 Å². The second-order valence-corrected chi connectivity index (χ2v) is 4.14. The summed E-state index contributed by atoms with van der Waals surface area (Å²) in [7, 11) is 2.09. The Morgan fingerprint density at radius 2 is 1.93 bits per heavy atom. The van der Waals surface area contributed by atoms with Crippen LogP contribution in [0.3, 0.4) is 0 Å². The summed E-state index contributed by atoms with van der Waals surface area (Å²) in [6.45, 7) is 10.6. The fraction of sp³-hybridized carbons (Fsp3) is 0.909. The van der Waals surface area contributed by atoms with Crippen molar-refractivity contribution >= 4 is 5.91 Å². The van der Waals surface area contributed by atoms with Gasteiger partial charge in [-0.15, -0.1) is 0 Å². The molecule has 1 atom stereocenters. The van der Waals surface area contributed by atoms with Crippen molar-refractivity contribution in [3.63, 3.8) is 0 Å². The summed E-state index contributed by atoms with van der Waals surface area (Å²) in [5, 5.41) is 5.99. The predicted molar refractivity (Wildman–Crippen MR) is 63.9 cm³/mol. The number of hydrogen-bond acceptors (Lipinski definition) is 3. The van der Waals surface area contributed by atoms with Gasteiger partial charge in [-0.25, -0.2) is 0 Å². The van der Waals surface area contributed by atoms with Crippen LogP contribution >= 0.6 is 0 Å². The Kier molecular flexibility index (Phi) is 7.34. The molecule has 4 nitrogen and oxygen atoms in total. The van der Waals surface area contributed by atoms with Gasteiger partial charge in [0.05, 0.1) is 6.04 Å². The molecule has 0 aromatic carbocycles. The number of rotatable bonds is 7. The summed E-state index contributed by atoms with van der Waals surface area (Å²) in [5.41, 5.74) is 0. The van der Waals surface area contributed by atoms with Gasteiger partial charge in [0.25, 0.3) is 0 Å². The quantitative estimate of drug-likeness (QED) is 0.648. The molecule has 0 fully saturated rings. The largest absolute Gasteiger partial charge is 0.355 e. The lowest BCUT2D eigenvalue weighted by atomic mass is 10.3. The van der Waals surface area contributed by atoms with Crippen LogP contribution in [0.2, 0.25) is 0 Å². The van der Waals surface area contributed by atoms with Crippen molar-refractivity contribution in [1.29, 1.82) is 0 Å². The number of nitrogens with zero attached hydrogens (tertiary/aromatic N) is 1. The fourth-order valence-electron chi connectivity index (χ4n) is 1.14. The minimum Gasteiger partial charge on any atom is -0.355 e. The van der Waals surface area contributed by atoms with Crippen molar-refractivity contribution < 1.29 is 4.79 Å². The average molecular weight is 215 g/mol. The van der Waals surface area contributed by atoms with E-state index in [9.17, 15) is 4.79 Å². The number of amides is 1. The van der Waals surface area contributed by atoms with Crippen LogP contribution in [-0.4, -0.2) is 49.6 Å². The Morgan fingerprint density at radius 3 is 2.40 bits per heavy atom. The van der Waals surface area contributed by atoms with Gasteiger partial charge in [0.15, 0.2) is 0 Å². The van der Waals surface area contributed by atoms with Crippen LogP contribution in [0.1, 0.15) is 27.7 Å². The van der Waals surface area contributed by atoms with E-state index in [1.165, 1.54) is 0 Å². The molecule has 0 saturated heterocycles. The molecule has 0 aliphatic rings. The molecular formula is C11H25N3O. The number of hydrogen-bond donors (Lipinski definition) is 2. The van der Waals surface area contributed by atoms with Crippen molar-refractivity contribution in [3.05, 3.63) is 0 Å². The molecule has 1 amide bonds. The Labute approximate surface area is 93.4 Å². The molecule has 0 aromatic heterocycles. The minimum absolute atomic E-state index is 0.0738. The van der Waals surface area contributed by atoms with Crippen LogP contribution < -0.4 is 10.6 Å². The molecule has 0 radical (unpaired) electrons. The topological polar surface area (TPSA) is 44.4 Å². The van der Waals surface area contributed by atoms with E-state index < -0.39 is 0 Å². The van der Waals surface area contributed by atoms with E-state index in [1.807, 2.05) is 13.8 Å². The SMILES string of the molecule is CCNC(=O)C(C)NCCN(C)C(C)C. The second kappa shape index (κ2) is 7.65. The summed E-state index contributed by atoms with van der Waals surface area (Å²) in [6.07, 6.45) is 0. The van der Waals surface area contributed by atoms with Crippen molar-refractivity contribution in [2.45, 2.75) is 39.8 Å². The van der Waals surface area contributed by atoms with Gasteiger partial charge < -0.3 is 15.5 Å². The molecule has 0 saturated carbocycles. The average Bonchev–Trinajstić information content (AvgIpc) is 2.17. The number of nitrogens with one attached hydrogen (secondary N) is 2. The first-order valence-corrected chi connectivity index (χ1v) is 5.70. The van der Waals surface area contributed by atoms with Crippen LogP contribution in [-0.2, 0) is 4.79 Å². The van der Waals surface area contributed by atoms with Crippen molar-refractivity contribution in [1.82, 2.24) is 15.5 Å². The van der Waals surface area contributed by atoms with Crippen molar-refractivity contribution in [2.24, 2.45) is 0 Å². The highest BCUT2D eigenvalue weighted by molar-refractivity contribution is 5.81. The van der Waals surface area contributed by atoms with E-state index in [1.54, 1.807) is 0 Å². The number of carbonyl (C=O) groups is 1. The van der Waals surface area contributed by atoms with E-state index in [0.717, 1.165) is 13.1 Å². The zero-order valence-corrected chi connectivity index (χ0v) is 10.6. The normalized spacial score (nSPS) is 13.3. The van der Waals surface area contributed by atoms with Gasteiger partial charge in [-0.2, -0.15) is 0 Å². The summed E-state index contributed by atoms with van der Waals surface area (Å²) < 4.78 is 0. The Hall–Kier alpha value is -0.610. The highest BCUT2D eigenvalue weighted by Crippen LogP contribution is 1.91. The summed E-state index contributed by atoms with van der Waals surface area (Å²) >= 11 is 0. The van der Waals surface area contributed by atoms with E-state index >= 15 is 0 Å². The van der Waals surface area contributed by atoms with E-state index in [4.69, 9.17) is 0 Å². The summed E-state index contributed by atoms with van der Waals surface area (Å²) in [4.78, 5) is 13.6. The second-order valence-electron chi connectivity index (χ2n) is 4.14. The van der Waals surface area contributed by atoms with Gasteiger partial charge in [-0.05, 0) is 34.7 Å². The molecule has 0 aromatic rings. The van der Waals surface area contributed by atoms with Gasteiger partial charge >= 0.3 is 0 Å². The maximum absolute atomic E-state index is 11.4. The van der Waals surface area contributed by atoms with Gasteiger partial charge in [0.2, 0.25) is 5.91 Å². The third kappa shape index (κ3) is 6.47. The summed E-state index contributed by atoms with van der Waals surface area (Å²) in [5.74, 6) is 0.0738. The maximum Gasteiger partial charge on any atom is 0.236 e. The zero-order chi connectivity index (χ0) is 11.8. The van der Waals surface area contributed by atoms with Gasteiger partial charge in [0.1, 0.15) is 0 Å². The summed E-state index contributed by atoms with van der Waals surface area (Å²) in [6, 6.07) is 0.442. The lowest BCUT2D eigenvalue weighted by Gasteiger charge is -2.22. The maximum atomic E-state index is 11.4. The fourth-order valence-corrected chi connectivity index (χ4v) is 1.14. The highest BCUT2D eigenvalue weighted by Gasteiger charge is 2.10. The molecule has 0 heterocycles. The molecular weight excluding hydrogens is 190 g/mol. The van der Waals surface area contributed by atoms with Crippen LogP contribution in [0.25, 0.3) is 0 Å². The molecule has 0 rings (SSSR count). The predicted octanol–water partition coefficient (Wildman–Crippen LogP) is 0.441. The molecule has 15 heavy (non-hydrogen) atoms. The van der Waals surface area contributed by atoms with Gasteiger partial charge in [-0.3, -0.25) is 4.79 Å². The Balaban J connectivity index is 3.63. The minimum atomic E-state index is -0.106. The van der Waals surface area contributed by atoms with Gasteiger partial charge in [-0.1, -0.05) is 0 Å². The van der Waals surface area contributed by atoms with Crippen LogP contribution in [0, 0.1) is 0 Å². The zero-order valence-electron chi connectivity index (χ0n) is 10.6. The van der Waals surface area contributed by atoms with Crippen molar-refractivity contribution in [3.8, 4) is 0 Å². The van der Waals surface area contributed by atoms with Crippen LogP contribution in [0.15, 0.2) is 0 Å². The number of carbonyl (C=O) groups excluding carboxylic acids is 1. The van der Waals surface area contributed by atoms with E-state index in [2.05, 4.69) is 36.4 Å². The van der Waals surface area contributed by atoms with Gasteiger partial charge in [0, 0.05) is 25.7 Å². The Morgan fingerprint density at radius 1 is 1.33 bits per heavy atom. The van der Waals surface area contributed by atoms with Crippen LogP contribution in [0.5, 0.6) is 0 Å². The van der Waals surface area contributed by atoms with Crippen molar-refractivity contribution in [2.75, 3.05) is 26.7 Å². The molecule has 90 valence electrons. The monoisotopic (exact) mass is 215 g/mol. The third-order valence-electron chi connectivity index (χ3n) is 2.54. The lowest BCUT2D eigenvalue weighted by Crippen LogP contribution is -2.45. The first kappa shape index (κ1) is 14.4. The highest BCUT2D eigenvalue weighted by atomic mass is 16.2. The molecule has 0 bridgehead atoms. The smallest absolute Gasteiger partial charge is 0.236 e. The lowest BCUT2D eigenvalue weighted by molar-refractivity contribution is -0.122. The molecule has 0 aliphatic heterocycles. The van der Waals surface area contributed by atoms with E-state index in [-0.39, 0.29) is 11.9 Å². The molecule has 4 heteroatoms. The first-order chi connectivity index (χ1) is 6.99. The molecule has 0 spiro atoms. The Bertz CT molecular complexity index is 183. The molecule has 0 aliphatic carbocycles. The van der Waals surface area contributed by atoms with Crippen LogP contribution in [0.4, 0.5) is 0 Å². The standard InChI is InChI=1S/C11H25N3O/c1-6-12-11(15)10(4)13-7-8-14(5)9(2)3/h9-10,13H,6-8H2,1-5H3,(H,12,15). The molecule has 1 unspecified atom stereocenters. The molecule has 2 N–H and O–H groups in total.